The maximum Gasteiger partial charge on any atom is 0.407 e. The van der Waals surface area contributed by atoms with Gasteiger partial charge in [0.05, 0.1) is 21.7 Å². The number of nitrogen functional groups attached to an aromatic ring is 1. The highest BCUT2D eigenvalue weighted by molar-refractivity contribution is 7.99. The molecular weight excluding hydrogens is 612 g/mol. The Balaban J connectivity index is 1.39. The van der Waals surface area contributed by atoms with Gasteiger partial charge in [-0.2, -0.15) is 0 Å². The van der Waals surface area contributed by atoms with Gasteiger partial charge in [-0.25, -0.2) is 27.9 Å². The van der Waals surface area contributed by atoms with E-state index in [1.807, 2.05) is 20.8 Å². The van der Waals surface area contributed by atoms with E-state index in [0.717, 1.165) is 24.6 Å². The number of hydrogen-bond acceptors (Lipinski definition) is 10. The minimum Gasteiger partial charge on any atom is -0.444 e. The van der Waals surface area contributed by atoms with E-state index in [-0.39, 0.29) is 26.7 Å². The van der Waals surface area contributed by atoms with Crippen LogP contribution in [0.3, 0.4) is 0 Å². The zero-order valence-corrected chi connectivity index (χ0v) is 26.8. The van der Waals surface area contributed by atoms with Crippen molar-refractivity contribution < 1.29 is 22.7 Å². The summed E-state index contributed by atoms with van der Waals surface area (Å²) in [6, 6.07) is 12.3. The zero-order chi connectivity index (χ0) is 31.4. The zero-order valence-electron chi connectivity index (χ0n) is 24.4. The first-order valence-electron chi connectivity index (χ1n) is 13.6. The Morgan fingerprint density at radius 3 is 2.42 bits per heavy atom. The maximum absolute atomic E-state index is 12.9. The van der Waals surface area contributed by atoms with Crippen LogP contribution in [0, 0.1) is 5.41 Å². The largest absolute Gasteiger partial charge is 0.444 e. The fourth-order valence-corrected chi connectivity index (χ4v) is 6.50. The highest BCUT2D eigenvalue weighted by atomic mass is 35.5. The lowest BCUT2D eigenvalue weighted by atomic mass is 9.80. The van der Waals surface area contributed by atoms with E-state index in [0.29, 0.717) is 35.4 Å². The van der Waals surface area contributed by atoms with Crippen LogP contribution in [0.4, 0.5) is 16.4 Å². The molecule has 14 heteroatoms. The summed E-state index contributed by atoms with van der Waals surface area (Å²) in [5.41, 5.74) is 5.63. The molecule has 0 atom stereocenters. The lowest BCUT2D eigenvalue weighted by molar-refractivity contribution is 0.0495. The van der Waals surface area contributed by atoms with Gasteiger partial charge < -0.3 is 20.7 Å². The van der Waals surface area contributed by atoms with Gasteiger partial charge in [-0.05, 0) is 63.3 Å². The van der Waals surface area contributed by atoms with Crippen molar-refractivity contribution in [3.05, 3.63) is 65.3 Å². The third-order valence-electron chi connectivity index (χ3n) is 6.80. The molecule has 0 saturated carbocycles. The number of carbonyl (C=O) groups is 2. The Morgan fingerprint density at radius 2 is 1.79 bits per heavy atom. The van der Waals surface area contributed by atoms with Gasteiger partial charge in [0.15, 0.2) is 5.82 Å². The lowest BCUT2D eigenvalue weighted by Crippen LogP contribution is -2.46. The number of anilines is 2. The van der Waals surface area contributed by atoms with Crippen LogP contribution in [0.2, 0.25) is 5.02 Å². The van der Waals surface area contributed by atoms with Crippen LogP contribution in [0.15, 0.2) is 69.5 Å². The second kappa shape index (κ2) is 13.0. The minimum absolute atomic E-state index is 0.00755. The molecule has 1 saturated heterocycles. The fraction of sp³-hybridized carbons (Fsp3) is 0.379. The van der Waals surface area contributed by atoms with Crippen LogP contribution in [0.1, 0.15) is 50.9 Å². The Hall–Kier alpha value is -3.55. The fourth-order valence-electron chi connectivity index (χ4n) is 4.37. The number of nitrogens with two attached hydrogens (primary N) is 1. The SMILES string of the molecule is CC1(CNC(=O)OC(C)(C)C)CCN(c2cnc(Sc3cccc(C(=O)NS(=O)(=O)c4ccccc4)c3Cl)c(N)n2)CC1. The van der Waals surface area contributed by atoms with E-state index in [9.17, 15) is 18.0 Å². The van der Waals surface area contributed by atoms with Crippen molar-refractivity contribution in [2.75, 3.05) is 30.3 Å². The Morgan fingerprint density at radius 1 is 1.12 bits per heavy atom. The number of nitrogens with zero attached hydrogens (tertiary/aromatic N) is 3. The number of hydrogen-bond donors (Lipinski definition) is 3. The second-order valence-corrected chi connectivity index (χ2v) is 14.6. The van der Waals surface area contributed by atoms with Crippen LogP contribution >= 0.6 is 23.4 Å². The van der Waals surface area contributed by atoms with Crippen molar-refractivity contribution in [1.29, 1.82) is 0 Å². The van der Waals surface area contributed by atoms with Crippen molar-refractivity contribution in [2.45, 2.75) is 61.0 Å². The Labute approximate surface area is 261 Å². The Bertz CT molecular complexity index is 1590. The molecule has 2 amide bonds. The molecule has 0 radical (unpaired) electrons. The second-order valence-electron chi connectivity index (χ2n) is 11.5. The van der Waals surface area contributed by atoms with Gasteiger partial charge in [-0.15, -0.1) is 0 Å². The van der Waals surface area contributed by atoms with E-state index in [1.54, 1.807) is 36.5 Å². The molecule has 0 bridgehead atoms. The smallest absolute Gasteiger partial charge is 0.407 e. The molecule has 0 aliphatic carbocycles. The quantitative estimate of drug-likeness (QED) is 0.300. The van der Waals surface area contributed by atoms with Crippen molar-refractivity contribution in [1.82, 2.24) is 20.0 Å². The summed E-state index contributed by atoms with van der Waals surface area (Å²) in [5, 5.41) is 3.34. The van der Waals surface area contributed by atoms with Gasteiger partial charge in [-0.1, -0.05) is 54.6 Å². The standard InChI is InChI=1S/C29H35ClN6O5S2/c1-28(2,3)41-27(38)33-18-29(4)13-15-36(16-14-29)22-17-32-26(24(31)34-22)42-21-12-8-11-20(23(21)30)25(37)35-43(39,40)19-9-6-5-7-10-19/h5-12,17H,13-16,18H2,1-4H3,(H2,31,34)(H,33,38)(H,35,37). The van der Waals surface area contributed by atoms with Crippen LogP contribution in [0.25, 0.3) is 0 Å². The summed E-state index contributed by atoms with van der Waals surface area (Å²) in [5.74, 6) is -0.0292. The van der Waals surface area contributed by atoms with Gasteiger partial charge in [-0.3, -0.25) is 4.79 Å². The number of rotatable bonds is 8. The molecule has 3 aromatic rings. The minimum atomic E-state index is -4.08. The van der Waals surface area contributed by atoms with Crippen molar-refractivity contribution in [3.8, 4) is 0 Å². The predicted octanol–water partition coefficient (Wildman–Crippen LogP) is 5.11. The van der Waals surface area contributed by atoms with E-state index in [2.05, 4.69) is 31.8 Å². The van der Waals surface area contributed by atoms with Gasteiger partial charge in [0.25, 0.3) is 15.9 Å². The third kappa shape index (κ3) is 8.52. The van der Waals surface area contributed by atoms with E-state index in [1.165, 1.54) is 18.2 Å². The number of piperidine rings is 1. The van der Waals surface area contributed by atoms with Gasteiger partial charge in [0.2, 0.25) is 0 Å². The number of amides is 2. The number of benzene rings is 2. The summed E-state index contributed by atoms with van der Waals surface area (Å²) in [4.78, 5) is 36.5. The van der Waals surface area contributed by atoms with Crippen LogP contribution in [0.5, 0.6) is 0 Å². The number of aromatic nitrogens is 2. The normalized spacial score (nSPS) is 15.0. The van der Waals surface area contributed by atoms with Crippen LogP contribution in [-0.4, -0.2) is 55.6 Å². The molecule has 230 valence electrons. The molecular formula is C29H35ClN6O5S2. The molecule has 0 unspecified atom stereocenters. The molecule has 43 heavy (non-hydrogen) atoms. The average molecular weight is 647 g/mol. The molecule has 11 nitrogen and oxygen atoms in total. The molecule has 1 aliphatic rings. The van der Waals surface area contributed by atoms with Gasteiger partial charge >= 0.3 is 6.09 Å². The van der Waals surface area contributed by atoms with Gasteiger partial charge in [0, 0.05) is 24.5 Å². The van der Waals surface area contributed by atoms with Crippen molar-refractivity contribution in [3.63, 3.8) is 0 Å². The monoisotopic (exact) mass is 646 g/mol. The highest BCUT2D eigenvalue weighted by Crippen LogP contribution is 2.38. The first-order chi connectivity index (χ1) is 20.2. The Kier molecular flexibility index (Phi) is 9.77. The summed E-state index contributed by atoms with van der Waals surface area (Å²) >= 11 is 7.65. The van der Waals surface area contributed by atoms with E-state index >= 15 is 0 Å². The molecule has 2 heterocycles. The number of alkyl carbamates (subject to hydrolysis) is 1. The molecule has 1 fully saturated rings. The van der Waals surface area contributed by atoms with Crippen LogP contribution in [-0.2, 0) is 14.8 Å². The molecule has 1 aromatic heterocycles. The summed E-state index contributed by atoms with van der Waals surface area (Å²) in [6.45, 7) is 9.55. The first kappa shape index (κ1) is 32.4. The van der Waals surface area contributed by atoms with E-state index < -0.39 is 27.6 Å². The topological polar surface area (TPSA) is 157 Å². The molecule has 4 rings (SSSR count). The highest BCUT2D eigenvalue weighted by Gasteiger charge is 2.32. The van der Waals surface area contributed by atoms with Crippen molar-refractivity contribution >= 4 is 57.0 Å². The first-order valence-corrected chi connectivity index (χ1v) is 16.3. The summed E-state index contributed by atoms with van der Waals surface area (Å²) < 4.78 is 32.6. The average Bonchev–Trinajstić information content (AvgIpc) is 2.94. The number of ether oxygens (including phenoxy) is 1. The maximum atomic E-state index is 12.9. The molecule has 0 spiro atoms. The lowest BCUT2D eigenvalue weighted by Gasteiger charge is -2.40. The van der Waals surface area contributed by atoms with Gasteiger partial charge in [0.1, 0.15) is 16.4 Å². The number of nitrogens with one attached hydrogen (secondary N) is 2. The van der Waals surface area contributed by atoms with E-state index in [4.69, 9.17) is 22.1 Å². The number of carbonyl (C=O) groups excluding carboxylic acids is 2. The number of halogens is 1. The third-order valence-corrected chi connectivity index (χ3v) is 9.73. The number of sulfonamides is 1. The van der Waals surface area contributed by atoms with Crippen LogP contribution < -0.4 is 20.7 Å². The predicted molar refractivity (Wildman–Crippen MR) is 167 cm³/mol. The molecule has 4 N–H and O–H groups in total. The summed E-state index contributed by atoms with van der Waals surface area (Å²) in [7, 11) is -4.08. The molecule has 1 aliphatic heterocycles. The summed E-state index contributed by atoms with van der Waals surface area (Å²) in [6.07, 6.45) is 2.86. The molecule has 2 aromatic carbocycles. The van der Waals surface area contributed by atoms with Crippen molar-refractivity contribution in [2.24, 2.45) is 5.41 Å².